The number of benzene rings is 1. The van der Waals surface area contributed by atoms with E-state index >= 15 is 0 Å². The van der Waals surface area contributed by atoms with Crippen molar-refractivity contribution in [3.8, 4) is 0 Å². The van der Waals surface area contributed by atoms with Crippen molar-refractivity contribution in [2.75, 3.05) is 27.2 Å². The molecular weight excluding hydrogens is 196 g/mol. The van der Waals surface area contributed by atoms with E-state index in [0.717, 1.165) is 19.5 Å². The number of aryl methyl sites for hydroxylation is 1. The second kappa shape index (κ2) is 7.42. The first kappa shape index (κ1) is 13.2. The molecule has 0 aliphatic heterocycles. The molecule has 1 N–H and O–H groups in total. The van der Waals surface area contributed by atoms with Crippen LogP contribution in [0.25, 0.3) is 0 Å². The van der Waals surface area contributed by atoms with Gasteiger partial charge in [0.15, 0.2) is 0 Å². The molecule has 0 amide bonds. The van der Waals surface area contributed by atoms with E-state index in [2.05, 4.69) is 61.6 Å². The van der Waals surface area contributed by atoms with Crippen LogP contribution in [0.1, 0.15) is 18.9 Å². The van der Waals surface area contributed by atoms with Crippen molar-refractivity contribution in [1.82, 2.24) is 10.2 Å². The predicted molar refractivity (Wildman–Crippen MR) is 70.8 cm³/mol. The van der Waals surface area contributed by atoms with Gasteiger partial charge in [-0.15, -0.1) is 0 Å². The monoisotopic (exact) mass is 220 g/mol. The molecule has 2 nitrogen and oxygen atoms in total. The van der Waals surface area contributed by atoms with Crippen LogP contribution in [0.2, 0.25) is 0 Å². The number of rotatable bonds is 7. The topological polar surface area (TPSA) is 15.3 Å². The van der Waals surface area contributed by atoms with Crippen molar-refractivity contribution in [1.29, 1.82) is 0 Å². The average molecular weight is 220 g/mol. The van der Waals surface area contributed by atoms with Crippen LogP contribution in [0.15, 0.2) is 30.3 Å². The van der Waals surface area contributed by atoms with Crippen molar-refractivity contribution in [3.05, 3.63) is 35.9 Å². The van der Waals surface area contributed by atoms with Crippen molar-refractivity contribution in [3.63, 3.8) is 0 Å². The van der Waals surface area contributed by atoms with Gasteiger partial charge < -0.3 is 10.2 Å². The third kappa shape index (κ3) is 5.89. The van der Waals surface area contributed by atoms with E-state index in [1.165, 1.54) is 12.0 Å². The molecule has 0 heterocycles. The molecule has 1 rings (SSSR count). The van der Waals surface area contributed by atoms with Crippen LogP contribution in [0.5, 0.6) is 0 Å². The predicted octanol–water partition coefficient (Wildman–Crippen LogP) is 2.16. The molecular formula is C14H24N2. The molecule has 90 valence electrons. The zero-order valence-corrected chi connectivity index (χ0v) is 10.7. The van der Waals surface area contributed by atoms with E-state index in [4.69, 9.17) is 0 Å². The van der Waals surface area contributed by atoms with Gasteiger partial charge in [-0.25, -0.2) is 0 Å². The Balaban J connectivity index is 2.13. The van der Waals surface area contributed by atoms with Gasteiger partial charge in [-0.2, -0.15) is 0 Å². The van der Waals surface area contributed by atoms with Crippen LogP contribution in [0.4, 0.5) is 0 Å². The molecule has 0 fully saturated rings. The van der Waals surface area contributed by atoms with Crippen molar-refractivity contribution in [2.24, 2.45) is 0 Å². The maximum absolute atomic E-state index is 3.54. The Bertz CT molecular complexity index is 269. The molecule has 0 saturated heterocycles. The minimum atomic E-state index is 0.597. The van der Waals surface area contributed by atoms with Gasteiger partial charge >= 0.3 is 0 Å². The minimum Gasteiger partial charge on any atom is -0.313 e. The Morgan fingerprint density at radius 2 is 1.88 bits per heavy atom. The molecule has 0 saturated carbocycles. The zero-order chi connectivity index (χ0) is 11.8. The molecule has 0 aliphatic carbocycles. The fraction of sp³-hybridized carbons (Fsp3) is 0.571. The van der Waals surface area contributed by atoms with Gasteiger partial charge in [0, 0.05) is 19.1 Å². The highest BCUT2D eigenvalue weighted by Gasteiger charge is 2.01. The third-order valence-corrected chi connectivity index (χ3v) is 2.76. The van der Waals surface area contributed by atoms with Gasteiger partial charge in [0.05, 0.1) is 0 Å². The first-order valence-electron chi connectivity index (χ1n) is 6.10. The lowest BCUT2D eigenvalue weighted by molar-refractivity contribution is 0.383. The van der Waals surface area contributed by atoms with Gasteiger partial charge in [0.25, 0.3) is 0 Å². The first-order valence-corrected chi connectivity index (χ1v) is 6.10. The van der Waals surface area contributed by atoms with Gasteiger partial charge in [-0.1, -0.05) is 30.3 Å². The molecule has 0 bridgehead atoms. The Hall–Kier alpha value is -0.860. The molecule has 1 unspecified atom stereocenters. The summed E-state index contributed by atoms with van der Waals surface area (Å²) in [7, 11) is 4.21. The molecule has 16 heavy (non-hydrogen) atoms. The molecule has 0 aromatic heterocycles. The summed E-state index contributed by atoms with van der Waals surface area (Å²) < 4.78 is 0. The Labute approximate surface area is 99.7 Å². The van der Waals surface area contributed by atoms with Gasteiger partial charge in [0.1, 0.15) is 0 Å². The third-order valence-electron chi connectivity index (χ3n) is 2.76. The fourth-order valence-corrected chi connectivity index (χ4v) is 1.66. The van der Waals surface area contributed by atoms with Crippen LogP contribution in [-0.4, -0.2) is 38.1 Å². The van der Waals surface area contributed by atoms with Gasteiger partial charge in [0.2, 0.25) is 0 Å². The highest BCUT2D eigenvalue weighted by atomic mass is 15.1. The van der Waals surface area contributed by atoms with Crippen molar-refractivity contribution in [2.45, 2.75) is 25.8 Å². The number of likely N-dealkylation sites (N-methyl/N-ethyl adjacent to an activating group) is 1. The largest absolute Gasteiger partial charge is 0.313 e. The van der Waals surface area contributed by atoms with Crippen molar-refractivity contribution < 1.29 is 0 Å². The molecule has 1 aromatic rings. The Kier molecular flexibility index (Phi) is 6.12. The number of nitrogens with one attached hydrogen (secondary N) is 1. The molecule has 1 atom stereocenters. The van der Waals surface area contributed by atoms with Crippen LogP contribution in [-0.2, 0) is 6.42 Å². The first-order chi connectivity index (χ1) is 7.68. The quantitative estimate of drug-likeness (QED) is 0.757. The summed E-state index contributed by atoms with van der Waals surface area (Å²) in [5, 5.41) is 3.54. The molecule has 0 aliphatic rings. The standard InChI is InChI=1S/C14H24N2/c1-13(15-11-12-16(2)3)9-10-14-7-5-4-6-8-14/h4-8,13,15H,9-12H2,1-3H3. The number of hydrogen-bond donors (Lipinski definition) is 1. The summed E-state index contributed by atoms with van der Waals surface area (Å²) in [5.41, 5.74) is 1.43. The van der Waals surface area contributed by atoms with Gasteiger partial charge in [-0.05, 0) is 39.4 Å². The van der Waals surface area contributed by atoms with E-state index in [1.807, 2.05) is 0 Å². The maximum atomic E-state index is 3.54. The highest BCUT2D eigenvalue weighted by Crippen LogP contribution is 2.04. The van der Waals surface area contributed by atoms with Gasteiger partial charge in [-0.3, -0.25) is 0 Å². The van der Waals surface area contributed by atoms with E-state index in [9.17, 15) is 0 Å². The normalized spacial score (nSPS) is 13.0. The van der Waals surface area contributed by atoms with Crippen LogP contribution in [0, 0.1) is 0 Å². The Morgan fingerprint density at radius 1 is 1.19 bits per heavy atom. The fourth-order valence-electron chi connectivity index (χ4n) is 1.66. The summed E-state index contributed by atoms with van der Waals surface area (Å²) >= 11 is 0. The Morgan fingerprint density at radius 3 is 2.50 bits per heavy atom. The number of nitrogens with zero attached hydrogens (tertiary/aromatic N) is 1. The molecule has 0 spiro atoms. The molecule has 0 radical (unpaired) electrons. The van der Waals surface area contributed by atoms with E-state index in [0.29, 0.717) is 6.04 Å². The second-order valence-corrected chi connectivity index (χ2v) is 4.68. The van der Waals surface area contributed by atoms with E-state index in [1.54, 1.807) is 0 Å². The van der Waals surface area contributed by atoms with Crippen molar-refractivity contribution >= 4 is 0 Å². The summed E-state index contributed by atoms with van der Waals surface area (Å²) in [4.78, 5) is 2.21. The summed E-state index contributed by atoms with van der Waals surface area (Å²) in [5.74, 6) is 0. The highest BCUT2D eigenvalue weighted by molar-refractivity contribution is 5.14. The smallest absolute Gasteiger partial charge is 0.0101 e. The lowest BCUT2D eigenvalue weighted by Gasteiger charge is -2.16. The zero-order valence-electron chi connectivity index (χ0n) is 10.7. The van der Waals surface area contributed by atoms with Crippen LogP contribution < -0.4 is 5.32 Å². The average Bonchev–Trinajstić information content (AvgIpc) is 2.27. The SMILES string of the molecule is CC(CCc1ccccc1)NCCN(C)C. The summed E-state index contributed by atoms with van der Waals surface area (Å²) in [6.45, 7) is 4.44. The van der Waals surface area contributed by atoms with Crippen LogP contribution in [0.3, 0.4) is 0 Å². The maximum Gasteiger partial charge on any atom is 0.0101 e. The van der Waals surface area contributed by atoms with E-state index < -0.39 is 0 Å². The molecule has 2 heteroatoms. The summed E-state index contributed by atoms with van der Waals surface area (Å²) in [6.07, 6.45) is 2.37. The number of hydrogen-bond acceptors (Lipinski definition) is 2. The second-order valence-electron chi connectivity index (χ2n) is 4.68. The van der Waals surface area contributed by atoms with Crippen LogP contribution >= 0.6 is 0 Å². The lowest BCUT2D eigenvalue weighted by atomic mass is 10.1. The molecule has 1 aromatic carbocycles. The lowest BCUT2D eigenvalue weighted by Crippen LogP contribution is -2.33. The van der Waals surface area contributed by atoms with E-state index in [-0.39, 0.29) is 0 Å². The summed E-state index contributed by atoms with van der Waals surface area (Å²) in [6, 6.07) is 11.3. The minimum absolute atomic E-state index is 0.597.